The molecule has 1 N–H and O–H groups in total. The summed E-state index contributed by atoms with van der Waals surface area (Å²) in [7, 11) is 1.61. The summed E-state index contributed by atoms with van der Waals surface area (Å²) in [6, 6.07) is 8.76. The van der Waals surface area contributed by atoms with Crippen molar-refractivity contribution in [2.45, 2.75) is 46.0 Å². The number of hydrogen-bond donors (Lipinski definition) is 1. The second-order valence-electron chi connectivity index (χ2n) is 10.5. The number of piperazine rings is 1. The van der Waals surface area contributed by atoms with Crippen LogP contribution in [0.1, 0.15) is 52.5 Å². The van der Waals surface area contributed by atoms with E-state index in [1.807, 2.05) is 39.0 Å². The molecule has 2 atom stereocenters. The van der Waals surface area contributed by atoms with Crippen LogP contribution in [0.15, 0.2) is 53.7 Å². The first kappa shape index (κ1) is 30.1. The molecule has 0 saturated carbocycles. The van der Waals surface area contributed by atoms with Crippen molar-refractivity contribution in [3.05, 3.63) is 81.6 Å². The van der Waals surface area contributed by atoms with Crippen LogP contribution in [0.25, 0.3) is 0 Å². The summed E-state index contributed by atoms with van der Waals surface area (Å²) in [5, 5.41) is 2.95. The highest BCUT2D eigenvalue weighted by molar-refractivity contribution is 5.95. The number of aryl methyl sites for hydroxylation is 2. The number of halogens is 3. The molecule has 0 spiro atoms. The fourth-order valence-corrected chi connectivity index (χ4v) is 5.44. The largest absolute Gasteiger partial charge is 0.463 e. The van der Waals surface area contributed by atoms with Gasteiger partial charge in [0, 0.05) is 50.5 Å². The number of carbonyl (C=O) groups is 3. The van der Waals surface area contributed by atoms with Gasteiger partial charge in [0.05, 0.1) is 23.8 Å². The summed E-state index contributed by atoms with van der Waals surface area (Å²) < 4.78 is 44.2. The molecule has 2 heterocycles. The highest BCUT2D eigenvalue weighted by atomic mass is 19.4. The van der Waals surface area contributed by atoms with Crippen LogP contribution in [0.5, 0.6) is 0 Å². The number of esters is 1. The lowest BCUT2D eigenvalue weighted by Crippen LogP contribution is -2.56. The lowest BCUT2D eigenvalue weighted by molar-refractivity contribution is -0.139. The summed E-state index contributed by atoms with van der Waals surface area (Å²) in [5.41, 5.74) is 3.06. The zero-order chi connectivity index (χ0) is 30.1. The van der Waals surface area contributed by atoms with Gasteiger partial charge in [0.2, 0.25) is 0 Å². The highest BCUT2D eigenvalue weighted by Gasteiger charge is 2.39. The van der Waals surface area contributed by atoms with E-state index in [4.69, 9.17) is 4.74 Å². The predicted octanol–water partition coefficient (Wildman–Crippen LogP) is 4.68. The molecular weight excluding hydrogens is 537 g/mol. The van der Waals surface area contributed by atoms with Crippen LogP contribution >= 0.6 is 0 Å². The molecule has 11 heteroatoms. The van der Waals surface area contributed by atoms with Gasteiger partial charge in [0.1, 0.15) is 0 Å². The molecule has 1 fully saturated rings. The van der Waals surface area contributed by atoms with E-state index in [0.29, 0.717) is 30.9 Å². The van der Waals surface area contributed by atoms with Crippen LogP contribution in [-0.2, 0) is 15.7 Å². The SMILES string of the molecule is CCOC(=O)C1=C(CN2CCN(C(=O)c3ccc(C(F)(F)F)cc3)C(C)C2)N(C)C(=O)NC1c1ccc(C)cc1C. The van der Waals surface area contributed by atoms with Gasteiger partial charge in [-0.25, -0.2) is 9.59 Å². The third-order valence-electron chi connectivity index (χ3n) is 7.61. The number of benzene rings is 2. The van der Waals surface area contributed by atoms with E-state index in [-0.39, 0.29) is 36.7 Å². The Bertz CT molecular complexity index is 1360. The van der Waals surface area contributed by atoms with E-state index < -0.39 is 23.8 Å². The van der Waals surface area contributed by atoms with Gasteiger partial charge < -0.3 is 15.0 Å². The summed E-state index contributed by atoms with van der Waals surface area (Å²) in [6.07, 6.45) is -4.47. The quantitative estimate of drug-likeness (QED) is 0.509. The van der Waals surface area contributed by atoms with Gasteiger partial charge in [-0.15, -0.1) is 0 Å². The van der Waals surface area contributed by atoms with Crippen molar-refractivity contribution in [2.75, 3.05) is 39.8 Å². The molecule has 41 heavy (non-hydrogen) atoms. The van der Waals surface area contributed by atoms with E-state index in [0.717, 1.165) is 28.8 Å². The average molecular weight is 573 g/mol. The standard InChI is InChI=1S/C30H35F3N4O4/c1-6-41-28(39)25-24(35(5)29(40)34-26(25)23-12-7-18(2)15-19(23)3)17-36-13-14-37(20(4)16-36)27(38)21-8-10-22(11-9-21)30(31,32)33/h7-12,15,20,26H,6,13-14,16-17H2,1-5H3,(H,34,40). The van der Waals surface area contributed by atoms with Crippen LogP contribution < -0.4 is 5.32 Å². The summed E-state index contributed by atoms with van der Waals surface area (Å²) in [4.78, 5) is 44.6. The van der Waals surface area contributed by atoms with E-state index in [2.05, 4.69) is 10.2 Å². The van der Waals surface area contributed by atoms with Crippen molar-refractivity contribution in [3.8, 4) is 0 Å². The van der Waals surface area contributed by atoms with Crippen molar-refractivity contribution in [3.63, 3.8) is 0 Å². The molecule has 2 aromatic carbocycles. The Hall–Kier alpha value is -3.86. The molecule has 2 aromatic rings. The number of nitrogens with one attached hydrogen (secondary N) is 1. The smallest absolute Gasteiger partial charge is 0.416 e. The van der Waals surface area contributed by atoms with E-state index >= 15 is 0 Å². The Morgan fingerprint density at radius 1 is 1.07 bits per heavy atom. The molecule has 0 aromatic heterocycles. The number of likely N-dealkylation sites (N-methyl/N-ethyl adjacent to an activating group) is 1. The van der Waals surface area contributed by atoms with Crippen LogP contribution in [-0.4, -0.2) is 78.5 Å². The Morgan fingerprint density at radius 3 is 2.34 bits per heavy atom. The number of urea groups is 1. The second kappa shape index (κ2) is 11.9. The number of alkyl halides is 3. The Labute approximate surface area is 237 Å². The molecule has 0 aliphatic carbocycles. The van der Waals surface area contributed by atoms with Gasteiger partial charge in [0.15, 0.2) is 0 Å². The molecule has 4 rings (SSSR count). The van der Waals surface area contributed by atoms with E-state index in [1.54, 1.807) is 18.9 Å². The van der Waals surface area contributed by atoms with Crippen LogP contribution in [0.2, 0.25) is 0 Å². The minimum atomic E-state index is -4.47. The maximum Gasteiger partial charge on any atom is 0.416 e. The van der Waals surface area contributed by atoms with Gasteiger partial charge in [-0.3, -0.25) is 14.6 Å². The summed E-state index contributed by atoms with van der Waals surface area (Å²) in [5.74, 6) is -0.857. The second-order valence-corrected chi connectivity index (χ2v) is 10.5. The Balaban J connectivity index is 1.58. The molecule has 1 saturated heterocycles. The molecular formula is C30H35F3N4O4. The van der Waals surface area contributed by atoms with Crippen molar-refractivity contribution < 1.29 is 32.3 Å². The fourth-order valence-electron chi connectivity index (χ4n) is 5.44. The molecule has 2 aliphatic rings. The van der Waals surface area contributed by atoms with Gasteiger partial charge >= 0.3 is 18.2 Å². The zero-order valence-corrected chi connectivity index (χ0v) is 23.8. The molecule has 8 nitrogen and oxygen atoms in total. The number of amides is 3. The fraction of sp³-hybridized carbons (Fsp3) is 0.433. The molecule has 0 bridgehead atoms. The molecule has 3 amide bonds. The minimum absolute atomic E-state index is 0.175. The van der Waals surface area contributed by atoms with E-state index in [9.17, 15) is 27.6 Å². The van der Waals surface area contributed by atoms with Gasteiger partial charge in [0.25, 0.3) is 5.91 Å². The first-order valence-electron chi connectivity index (χ1n) is 13.5. The number of carbonyl (C=O) groups excluding carboxylic acids is 3. The third kappa shape index (κ3) is 6.40. The summed E-state index contributed by atoms with van der Waals surface area (Å²) >= 11 is 0. The van der Waals surface area contributed by atoms with Crippen molar-refractivity contribution in [1.29, 1.82) is 0 Å². The van der Waals surface area contributed by atoms with Gasteiger partial charge in [-0.05, 0) is 63.1 Å². The van der Waals surface area contributed by atoms with Crippen LogP contribution in [0, 0.1) is 13.8 Å². The first-order valence-corrected chi connectivity index (χ1v) is 13.5. The minimum Gasteiger partial charge on any atom is -0.463 e. The van der Waals surface area contributed by atoms with Crippen molar-refractivity contribution >= 4 is 17.9 Å². The topological polar surface area (TPSA) is 82.2 Å². The molecule has 2 unspecified atom stereocenters. The lowest BCUT2D eigenvalue weighted by Gasteiger charge is -2.42. The third-order valence-corrected chi connectivity index (χ3v) is 7.61. The van der Waals surface area contributed by atoms with E-state index in [1.165, 1.54) is 17.0 Å². The number of ether oxygens (including phenoxy) is 1. The van der Waals surface area contributed by atoms with Crippen molar-refractivity contribution in [1.82, 2.24) is 20.0 Å². The zero-order valence-electron chi connectivity index (χ0n) is 23.8. The number of hydrogen-bond acceptors (Lipinski definition) is 5. The van der Waals surface area contributed by atoms with Crippen molar-refractivity contribution in [2.24, 2.45) is 0 Å². The lowest BCUT2D eigenvalue weighted by atomic mass is 9.90. The Kier molecular flexibility index (Phi) is 8.77. The van der Waals surface area contributed by atoms with Gasteiger partial charge in [-0.2, -0.15) is 13.2 Å². The Morgan fingerprint density at radius 2 is 1.76 bits per heavy atom. The maximum absolute atomic E-state index is 13.3. The molecule has 2 aliphatic heterocycles. The monoisotopic (exact) mass is 572 g/mol. The maximum atomic E-state index is 13.3. The van der Waals surface area contributed by atoms with Crippen LogP contribution in [0.3, 0.4) is 0 Å². The highest BCUT2D eigenvalue weighted by Crippen LogP contribution is 2.34. The number of rotatable bonds is 6. The molecule has 0 radical (unpaired) electrons. The van der Waals surface area contributed by atoms with Crippen LogP contribution in [0.4, 0.5) is 18.0 Å². The predicted molar refractivity (Wildman–Crippen MR) is 147 cm³/mol. The number of nitrogens with zero attached hydrogens (tertiary/aromatic N) is 3. The van der Waals surface area contributed by atoms with Gasteiger partial charge in [-0.1, -0.05) is 23.8 Å². The molecule has 220 valence electrons. The average Bonchev–Trinajstić information content (AvgIpc) is 2.90. The first-order chi connectivity index (χ1) is 19.3. The normalized spacial score (nSPS) is 20.2. The summed E-state index contributed by atoms with van der Waals surface area (Å²) in [6.45, 7) is 9.16.